The van der Waals surface area contributed by atoms with Crippen molar-refractivity contribution in [2.24, 2.45) is 0 Å². The van der Waals surface area contributed by atoms with Crippen LogP contribution >= 0.6 is 0 Å². The monoisotopic (exact) mass is 597 g/mol. The van der Waals surface area contributed by atoms with Gasteiger partial charge in [0.25, 0.3) is 0 Å². The molecule has 0 unspecified atom stereocenters. The van der Waals surface area contributed by atoms with Gasteiger partial charge in [-0.15, -0.1) is 35.9 Å². The van der Waals surface area contributed by atoms with Gasteiger partial charge in [0, 0.05) is 38.4 Å². The SMILES string of the molecule is O=C(c1ccc(-c2ccc(-c3[c-]cccc3)nc2)cc1)c1ccc(C(F)(F)F)cc1.[Pt]. The van der Waals surface area contributed by atoms with Crippen molar-refractivity contribution in [3.63, 3.8) is 0 Å². The van der Waals surface area contributed by atoms with Gasteiger partial charge in [0.1, 0.15) is 0 Å². The first-order valence-electron chi connectivity index (χ1n) is 9.17. The van der Waals surface area contributed by atoms with Crippen LogP contribution in [0.4, 0.5) is 13.2 Å². The van der Waals surface area contributed by atoms with Crippen molar-refractivity contribution in [2.75, 3.05) is 0 Å². The summed E-state index contributed by atoms with van der Waals surface area (Å²) in [6.45, 7) is 0. The molecule has 158 valence electrons. The van der Waals surface area contributed by atoms with E-state index in [-0.39, 0.29) is 32.4 Å². The summed E-state index contributed by atoms with van der Waals surface area (Å²) < 4.78 is 38.0. The summed E-state index contributed by atoms with van der Waals surface area (Å²) in [6.07, 6.45) is -2.67. The topological polar surface area (TPSA) is 30.0 Å². The first-order chi connectivity index (χ1) is 14.4. The Labute approximate surface area is 192 Å². The summed E-state index contributed by atoms with van der Waals surface area (Å²) in [4.78, 5) is 17.0. The van der Waals surface area contributed by atoms with Crippen LogP contribution in [0.2, 0.25) is 0 Å². The van der Waals surface area contributed by atoms with E-state index in [9.17, 15) is 18.0 Å². The Morgan fingerprint density at radius 3 is 1.90 bits per heavy atom. The smallest absolute Gasteiger partial charge is 0.304 e. The number of carbonyl (C=O) groups excluding carboxylic acids is 1. The second kappa shape index (κ2) is 9.40. The Hall–Kier alpha value is -3.04. The predicted molar refractivity (Wildman–Crippen MR) is 109 cm³/mol. The van der Waals surface area contributed by atoms with E-state index in [1.54, 1.807) is 30.5 Å². The molecule has 1 heterocycles. The van der Waals surface area contributed by atoms with Crippen molar-refractivity contribution < 1.29 is 39.0 Å². The maximum Gasteiger partial charge on any atom is 0.416 e. The molecule has 0 radical (unpaired) electrons. The van der Waals surface area contributed by atoms with Gasteiger partial charge in [-0.2, -0.15) is 13.2 Å². The molecule has 0 bridgehead atoms. The van der Waals surface area contributed by atoms with Gasteiger partial charge in [-0.05, 0) is 29.0 Å². The van der Waals surface area contributed by atoms with E-state index in [0.29, 0.717) is 5.56 Å². The zero-order valence-electron chi connectivity index (χ0n) is 16.0. The van der Waals surface area contributed by atoms with Crippen LogP contribution in [0.15, 0.2) is 91.1 Å². The summed E-state index contributed by atoms with van der Waals surface area (Å²) in [5, 5.41) is 0. The third kappa shape index (κ3) is 5.18. The van der Waals surface area contributed by atoms with Crippen molar-refractivity contribution in [3.8, 4) is 22.4 Å². The fraction of sp³-hybridized carbons (Fsp3) is 0.0400. The Kier molecular flexibility index (Phi) is 6.87. The van der Waals surface area contributed by atoms with Crippen molar-refractivity contribution in [2.45, 2.75) is 6.18 Å². The number of alkyl halides is 3. The fourth-order valence-electron chi connectivity index (χ4n) is 3.07. The number of benzene rings is 3. The Morgan fingerprint density at radius 1 is 0.774 bits per heavy atom. The number of hydrogen-bond donors (Lipinski definition) is 0. The Bertz CT molecular complexity index is 1150. The molecule has 6 heteroatoms. The normalized spacial score (nSPS) is 10.9. The van der Waals surface area contributed by atoms with Gasteiger partial charge in [-0.1, -0.05) is 48.5 Å². The molecule has 1 aromatic heterocycles. The summed E-state index contributed by atoms with van der Waals surface area (Å²) in [5.41, 5.74) is 3.33. The zero-order valence-corrected chi connectivity index (χ0v) is 18.2. The average molecular weight is 597 g/mol. The van der Waals surface area contributed by atoms with Crippen molar-refractivity contribution in [1.29, 1.82) is 0 Å². The van der Waals surface area contributed by atoms with Gasteiger partial charge in [0.2, 0.25) is 0 Å². The molecule has 0 N–H and O–H groups in total. The quantitative estimate of drug-likeness (QED) is 0.200. The Balaban J connectivity index is 0.00000272. The molecule has 0 fully saturated rings. The van der Waals surface area contributed by atoms with E-state index < -0.39 is 11.7 Å². The van der Waals surface area contributed by atoms with Crippen LogP contribution in [0, 0.1) is 6.07 Å². The van der Waals surface area contributed by atoms with E-state index in [0.717, 1.165) is 34.5 Å². The number of aromatic nitrogens is 1. The third-order valence-electron chi connectivity index (χ3n) is 4.70. The van der Waals surface area contributed by atoms with Crippen LogP contribution in [-0.2, 0) is 27.2 Å². The van der Waals surface area contributed by atoms with E-state index in [1.165, 1.54) is 12.1 Å². The summed E-state index contributed by atoms with van der Waals surface area (Å²) in [5.74, 6) is -0.330. The van der Waals surface area contributed by atoms with Crippen LogP contribution < -0.4 is 0 Å². The molecular weight excluding hydrogens is 582 g/mol. The van der Waals surface area contributed by atoms with E-state index >= 15 is 0 Å². The van der Waals surface area contributed by atoms with Gasteiger partial charge in [0.15, 0.2) is 5.78 Å². The molecule has 0 atom stereocenters. The zero-order chi connectivity index (χ0) is 21.1. The minimum absolute atomic E-state index is 0. The van der Waals surface area contributed by atoms with Crippen molar-refractivity contribution in [1.82, 2.24) is 4.98 Å². The standard InChI is InChI=1S/C25H15F3NO.Pt/c26-25(27,28)22-13-10-20(11-14-22)24(30)19-8-6-17(7-9-19)21-12-15-23(29-16-21)18-4-2-1-3-5-18;/h1-4,6-16H;/q-1;. The summed E-state index contributed by atoms with van der Waals surface area (Å²) in [7, 11) is 0. The van der Waals surface area contributed by atoms with Gasteiger partial charge in [0.05, 0.1) is 5.56 Å². The maximum absolute atomic E-state index is 12.7. The average Bonchev–Trinajstić information content (AvgIpc) is 2.79. The molecule has 0 aliphatic rings. The molecule has 0 amide bonds. The number of halogens is 3. The molecule has 31 heavy (non-hydrogen) atoms. The predicted octanol–water partition coefficient (Wildman–Crippen LogP) is 6.46. The first-order valence-corrected chi connectivity index (χ1v) is 9.17. The van der Waals surface area contributed by atoms with Gasteiger partial charge in [-0.25, -0.2) is 0 Å². The fourth-order valence-corrected chi connectivity index (χ4v) is 3.07. The molecule has 3 aromatic carbocycles. The van der Waals surface area contributed by atoms with Crippen LogP contribution in [0.5, 0.6) is 0 Å². The number of nitrogens with zero attached hydrogens (tertiary/aromatic N) is 1. The number of carbonyl (C=O) groups is 1. The van der Waals surface area contributed by atoms with E-state index in [4.69, 9.17) is 0 Å². The number of ketones is 1. The molecule has 4 aromatic rings. The van der Waals surface area contributed by atoms with Crippen molar-refractivity contribution in [3.05, 3.63) is 114 Å². The van der Waals surface area contributed by atoms with E-state index in [1.807, 2.05) is 36.4 Å². The molecule has 2 nitrogen and oxygen atoms in total. The van der Waals surface area contributed by atoms with Gasteiger partial charge >= 0.3 is 6.18 Å². The van der Waals surface area contributed by atoms with Gasteiger partial charge < -0.3 is 4.98 Å². The molecule has 0 saturated heterocycles. The molecule has 4 rings (SSSR count). The molecular formula is C25H15F3NOPt-. The minimum atomic E-state index is -4.43. The molecule has 0 spiro atoms. The maximum atomic E-state index is 12.7. The van der Waals surface area contributed by atoms with Crippen LogP contribution in [-0.4, -0.2) is 10.8 Å². The van der Waals surface area contributed by atoms with E-state index in [2.05, 4.69) is 11.1 Å². The van der Waals surface area contributed by atoms with Crippen LogP contribution in [0.25, 0.3) is 22.4 Å². The summed E-state index contributed by atoms with van der Waals surface area (Å²) >= 11 is 0. The number of rotatable bonds is 4. The molecule has 0 saturated carbocycles. The first kappa shape index (κ1) is 22.6. The van der Waals surface area contributed by atoms with Crippen molar-refractivity contribution >= 4 is 5.78 Å². The minimum Gasteiger partial charge on any atom is -0.304 e. The molecule has 0 aliphatic carbocycles. The largest absolute Gasteiger partial charge is 0.416 e. The van der Waals surface area contributed by atoms with Gasteiger partial charge in [-0.3, -0.25) is 4.79 Å². The number of hydrogen-bond acceptors (Lipinski definition) is 2. The second-order valence-electron chi connectivity index (χ2n) is 6.69. The molecule has 0 aliphatic heterocycles. The van der Waals surface area contributed by atoms with Crippen LogP contribution in [0.3, 0.4) is 0 Å². The number of pyridine rings is 1. The summed E-state index contributed by atoms with van der Waals surface area (Å²) in [6, 6.07) is 25.7. The van der Waals surface area contributed by atoms with Crippen LogP contribution in [0.1, 0.15) is 21.5 Å². The second-order valence-corrected chi connectivity index (χ2v) is 6.69. The Morgan fingerprint density at radius 2 is 1.39 bits per heavy atom. The third-order valence-corrected chi connectivity index (χ3v) is 4.70.